The maximum atomic E-state index is 12.4. The molecule has 1 aromatic carbocycles. The first-order valence-corrected chi connectivity index (χ1v) is 7.19. The van der Waals surface area contributed by atoms with Crippen LogP contribution in [0, 0.1) is 11.8 Å². The molecule has 2 heterocycles. The van der Waals surface area contributed by atoms with Gasteiger partial charge in [-0.1, -0.05) is 24.6 Å². The first-order valence-electron chi connectivity index (χ1n) is 6.82. The van der Waals surface area contributed by atoms with Crippen molar-refractivity contribution in [2.24, 2.45) is 11.8 Å². The number of aromatic nitrogens is 3. The number of carbonyl (C=O) groups excluding carboxylic acids is 1. The third kappa shape index (κ3) is 2.77. The minimum Gasteiger partial charge on any atom is -0.324 e. The Labute approximate surface area is 127 Å². The third-order valence-corrected chi connectivity index (χ3v) is 4.05. The summed E-state index contributed by atoms with van der Waals surface area (Å²) in [5.74, 6) is 0.280. The van der Waals surface area contributed by atoms with Crippen molar-refractivity contribution >= 4 is 23.2 Å². The molecular weight excluding hydrogens is 290 g/mol. The zero-order valence-corrected chi connectivity index (χ0v) is 12.3. The number of rotatable bonds is 3. The van der Waals surface area contributed by atoms with Crippen molar-refractivity contribution in [1.29, 1.82) is 0 Å². The van der Waals surface area contributed by atoms with Gasteiger partial charge in [-0.2, -0.15) is 5.10 Å². The predicted octanol–water partition coefficient (Wildman–Crippen LogP) is 1.71. The molecule has 1 amide bonds. The van der Waals surface area contributed by atoms with Crippen LogP contribution >= 0.6 is 11.6 Å². The van der Waals surface area contributed by atoms with Crippen LogP contribution in [0.15, 0.2) is 30.9 Å². The van der Waals surface area contributed by atoms with E-state index < -0.39 is 0 Å². The summed E-state index contributed by atoms with van der Waals surface area (Å²) in [6.45, 7) is 3.64. The fourth-order valence-electron chi connectivity index (χ4n) is 2.56. The highest BCUT2D eigenvalue weighted by Gasteiger charge is 2.30. The molecule has 1 aliphatic heterocycles. The van der Waals surface area contributed by atoms with Gasteiger partial charge in [0.15, 0.2) is 0 Å². The highest BCUT2D eigenvalue weighted by atomic mass is 35.5. The maximum Gasteiger partial charge on any atom is 0.229 e. The fraction of sp³-hybridized carbons (Fsp3) is 0.357. The molecule has 110 valence electrons. The van der Waals surface area contributed by atoms with Gasteiger partial charge < -0.3 is 10.6 Å². The molecule has 1 aromatic heterocycles. The fourth-order valence-corrected chi connectivity index (χ4v) is 2.82. The summed E-state index contributed by atoms with van der Waals surface area (Å²) in [5, 5.41) is 10.8. The van der Waals surface area contributed by atoms with Gasteiger partial charge in [-0.05, 0) is 24.6 Å². The Bertz CT molecular complexity index is 643. The lowest BCUT2D eigenvalue weighted by atomic mass is 9.97. The molecule has 0 aliphatic carbocycles. The molecule has 1 fully saturated rings. The average molecular weight is 306 g/mol. The van der Waals surface area contributed by atoms with Gasteiger partial charge in [0.1, 0.15) is 18.3 Å². The molecule has 7 heteroatoms. The number of hydrogen-bond donors (Lipinski definition) is 2. The number of anilines is 1. The van der Waals surface area contributed by atoms with Gasteiger partial charge in [-0.15, -0.1) is 0 Å². The molecule has 1 saturated heterocycles. The van der Waals surface area contributed by atoms with Gasteiger partial charge in [0.25, 0.3) is 0 Å². The molecule has 2 atom stereocenters. The Morgan fingerprint density at radius 3 is 3.00 bits per heavy atom. The van der Waals surface area contributed by atoms with Crippen molar-refractivity contribution in [3.05, 3.63) is 35.9 Å². The second-order valence-electron chi connectivity index (χ2n) is 5.21. The monoisotopic (exact) mass is 305 g/mol. The molecule has 0 saturated carbocycles. The number of para-hydroxylation sites is 1. The van der Waals surface area contributed by atoms with Crippen LogP contribution in [0.5, 0.6) is 0 Å². The Morgan fingerprint density at radius 1 is 1.48 bits per heavy atom. The molecule has 3 rings (SSSR count). The maximum absolute atomic E-state index is 12.4. The average Bonchev–Trinajstić information content (AvgIpc) is 3.10. The lowest BCUT2D eigenvalue weighted by Crippen LogP contribution is -2.28. The molecule has 0 unspecified atom stereocenters. The molecular formula is C14H16ClN5O. The summed E-state index contributed by atoms with van der Waals surface area (Å²) < 4.78 is 1.55. The van der Waals surface area contributed by atoms with E-state index in [1.165, 1.54) is 6.33 Å². The van der Waals surface area contributed by atoms with Crippen LogP contribution < -0.4 is 10.6 Å². The smallest absolute Gasteiger partial charge is 0.229 e. The first kappa shape index (κ1) is 14.0. The molecule has 0 radical (unpaired) electrons. The molecule has 1 aliphatic rings. The number of nitrogens with one attached hydrogen (secondary N) is 2. The normalized spacial score (nSPS) is 21.4. The van der Waals surface area contributed by atoms with E-state index in [2.05, 4.69) is 27.6 Å². The first-order chi connectivity index (χ1) is 10.2. The van der Waals surface area contributed by atoms with E-state index in [-0.39, 0.29) is 11.8 Å². The molecule has 6 nitrogen and oxygen atoms in total. The number of nitrogens with zero attached hydrogens (tertiary/aromatic N) is 3. The highest BCUT2D eigenvalue weighted by molar-refractivity contribution is 6.33. The Hall–Kier alpha value is -1.92. The second-order valence-corrected chi connectivity index (χ2v) is 5.61. The molecule has 0 spiro atoms. The van der Waals surface area contributed by atoms with Gasteiger partial charge in [-0.25, -0.2) is 9.67 Å². The number of halogens is 1. The zero-order chi connectivity index (χ0) is 14.8. The lowest BCUT2D eigenvalue weighted by Gasteiger charge is -2.17. The Morgan fingerprint density at radius 2 is 2.33 bits per heavy atom. The minimum absolute atomic E-state index is 0.00358. The summed E-state index contributed by atoms with van der Waals surface area (Å²) in [7, 11) is 0. The van der Waals surface area contributed by atoms with Crippen LogP contribution in [0.3, 0.4) is 0 Å². The van der Waals surface area contributed by atoms with Crippen LogP contribution in [-0.4, -0.2) is 33.8 Å². The van der Waals surface area contributed by atoms with Crippen LogP contribution in [0.25, 0.3) is 5.69 Å². The molecule has 2 N–H and O–H groups in total. The Kier molecular flexibility index (Phi) is 3.90. The van der Waals surface area contributed by atoms with Gasteiger partial charge in [0.2, 0.25) is 5.91 Å². The summed E-state index contributed by atoms with van der Waals surface area (Å²) in [5.41, 5.74) is 1.26. The number of hydrogen-bond acceptors (Lipinski definition) is 4. The van der Waals surface area contributed by atoms with Crippen molar-refractivity contribution in [3.63, 3.8) is 0 Å². The number of benzene rings is 1. The zero-order valence-electron chi connectivity index (χ0n) is 11.6. The van der Waals surface area contributed by atoms with Crippen molar-refractivity contribution in [2.45, 2.75) is 6.92 Å². The number of amides is 1. The second kappa shape index (κ2) is 5.83. The van der Waals surface area contributed by atoms with Crippen molar-refractivity contribution in [2.75, 3.05) is 18.4 Å². The molecule has 2 aromatic rings. The summed E-state index contributed by atoms with van der Waals surface area (Å²) >= 11 is 6.24. The van der Waals surface area contributed by atoms with E-state index in [4.69, 9.17) is 11.6 Å². The minimum atomic E-state index is -0.0346. The van der Waals surface area contributed by atoms with Crippen LogP contribution in [0.2, 0.25) is 5.02 Å². The standard InChI is InChI=1S/C14H16ClN5O/c1-9-5-16-6-10(9)14(21)19-12-4-2-3-11(15)13(12)20-8-17-7-18-20/h2-4,7-10,16H,5-6H2,1H3,(H,19,21)/t9-,10-/m1/s1. The Balaban J connectivity index is 1.89. The van der Waals surface area contributed by atoms with Gasteiger partial charge in [0.05, 0.1) is 16.6 Å². The van der Waals surface area contributed by atoms with Crippen molar-refractivity contribution < 1.29 is 4.79 Å². The van der Waals surface area contributed by atoms with Gasteiger partial charge in [0, 0.05) is 6.54 Å². The van der Waals surface area contributed by atoms with E-state index >= 15 is 0 Å². The quantitative estimate of drug-likeness (QED) is 0.905. The highest BCUT2D eigenvalue weighted by Crippen LogP contribution is 2.29. The van der Waals surface area contributed by atoms with E-state index in [1.54, 1.807) is 23.1 Å². The van der Waals surface area contributed by atoms with Gasteiger partial charge in [-0.3, -0.25) is 4.79 Å². The molecule has 0 bridgehead atoms. The van der Waals surface area contributed by atoms with E-state index in [0.29, 0.717) is 28.9 Å². The van der Waals surface area contributed by atoms with Crippen molar-refractivity contribution in [1.82, 2.24) is 20.1 Å². The predicted molar refractivity (Wildman–Crippen MR) is 80.5 cm³/mol. The van der Waals surface area contributed by atoms with Crippen molar-refractivity contribution in [3.8, 4) is 5.69 Å². The SMILES string of the molecule is C[C@@H]1CNC[C@H]1C(=O)Nc1cccc(Cl)c1-n1cncn1. The molecule has 21 heavy (non-hydrogen) atoms. The van der Waals surface area contributed by atoms with E-state index in [0.717, 1.165) is 6.54 Å². The third-order valence-electron chi connectivity index (χ3n) is 3.75. The van der Waals surface area contributed by atoms with E-state index in [9.17, 15) is 4.79 Å². The lowest BCUT2D eigenvalue weighted by molar-refractivity contribution is -0.120. The summed E-state index contributed by atoms with van der Waals surface area (Å²) in [6, 6.07) is 5.37. The van der Waals surface area contributed by atoms with Gasteiger partial charge >= 0.3 is 0 Å². The summed E-state index contributed by atoms with van der Waals surface area (Å²) in [6.07, 6.45) is 2.98. The largest absolute Gasteiger partial charge is 0.324 e. The van der Waals surface area contributed by atoms with Crippen LogP contribution in [-0.2, 0) is 4.79 Å². The topological polar surface area (TPSA) is 71.8 Å². The summed E-state index contributed by atoms with van der Waals surface area (Å²) in [4.78, 5) is 16.3. The van der Waals surface area contributed by atoms with Crippen LogP contribution in [0.4, 0.5) is 5.69 Å². The van der Waals surface area contributed by atoms with E-state index in [1.807, 2.05) is 6.07 Å². The number of carbonyl (C=O) groups is 1. The van der Waals surface area contributed by atoms with Crippen LogP contribution in [0.1, 0.15) is 6.92 Å².